The fraction of sp³-hybridized carbons (Fsp3) is 0.185. The maximum absolute atomic E-state index is 13.5. The normalized spacial score (nSPS) is 11.8. The molecule has 0 saturated heterocycles. The number of rotatable bonds is 9. The molecule has 3 aromatic carbocycles. The van der Waals surface area contributed by atoms with E-state index >= 15 is 0 Å². The minimum absolute atomic E-state index is 0.149. The number of nitrogens with two attached hydrogens (primary N) is 1. The highest BCUT2D eigenvalue weighted by molar-refractivity contribution is 6.30. The zero-order valence-corrected chi connectivity index (χ0v) is 19.5. The first-order valence-corrected chi connectivity index (χ1v) is 11.6. The lowest BCUT2D eigenvalue weighted by Gasteiger charge is -2.31. The van der Waals surface area contributed by atoms with Crippen LogP contribution in [-0.2, 0) is 16.0 Å². The Labute approximate surface area is 203 Å². The number of nitrogens with one attached hydrogen (secondary N) is 2. The number of hydrogen-bond donors (Lipinski definition) is 3. The number of benzene rings is 3. The predicted octanol–water partition coefficient (Wildman–Crippen LogP) is 4.92. The summed E-state index contributed by atoms with van der Waals surface area (Å²) in [6.07, 6.45) is 2.69. The van der Waals surface area contributed by atoms with Crippen molar-refractivity contribution >= 4 is 40.0 Å². The number of H-pyrrole nitrogens is 1. The second kappa shape index (κ2) is 11.0. The van der Waals surface area contributed by atoms with Gasteiger partial charge in [0.15, 0.2) is 0 Å². The van der Waals surface area contributed by atoms with E-state index in [9.17, 15) is 9.59 Å². The molecule has 6 nitrogen and oxygen atoms in total. The van der Waals surface area contributed by atoms with Gasteiger partial charge in [-0.3, -0.25) is 9.59 Å². The molecular weight excluding hydrogens is 448 g/mol. The molecule has 0 radical (unpaired) electrons. The molecule has 0 fully saturated rings. The average molecular weight is 475 g/mol. The Morgan fingerprint density at radius 1 is 0.971 bits per heavy atom. The maximum Gasteiger partial charge on any atom is 0.251 e. The quantitative estimate of drug-likeness (QED) is 0.321. The van der Waals surface area contributed by atoms with Crippen molar-refractivity contribution in [2.75, 3.05) is 18.4 Å². The SMILES string of the molecule is NCCC(=O)N(CCc1c[nH]c2ccccc12)C(C(=O)Nc1ccccc1)c1ccc(Cl)cc1. The van der Waals surface area contributed by atoms with Gasteiger partial charge in [0.1, 0.15) is 6.04 Å². The van der Waals surface area contributed by atoms with Crippen molar-refractivity contribution in [1.82, 2.24) is 9.88 Å². The van der Waals surface area contributed by atoms with Gasteiger partial charge in [-0.25, -0.2) is 0 Å². The van der Waals surface area contributed by atoms with Gasteiger partial charge in [-0.2, -0.15) is 0 Å². The summed E-state index contributed by atoms with van der Waals surface area (Å²) in [5.74, 6) is -0.469. The summed E-state index contributed by atoms with van der Waals surface area (Å²) < 4.78 is 0. The second-order valence-corrected chi connectivity index (χ2v) is 8.48. The Hall–Kier alpha value is -3.61. The number of fused-ring (bicyclic) bond motifs is 1. The first-order valence-electron chi connectivity index (χ1n) is 11.2. The van der Waals surface area contributed by atoms with Gasteiger partial charge in [-0.05, 0) is 47.9 Å². The summed E-state index contributed by atoms with van der Waals surface area (Å²) in [6.45, 7) is 0.562. The van der Waals surface area contributed by atoms with Crippen LogP contribution in [0, 0.1) is 0 Å². The van der Waals surface area contributed by atoms with Crippen LogP contribution in [0.1, 0.15) is 23.6 Å². The highest BCUT2D eigenvalue weighted by atomic mass is 35.5. The number of aromatic amines is 1. The van der Waals surface area contributed by atoms with Gasteiger partial charge in [-0.15, -0.1) is 0 Å². The number of hydrogen-bond acceptors (Lipinski definition) is 3. The fourth-order valence-corrected chi connectivity index (χ4v) is 4.22. The monoisotopic (exact) mass is 474 g/mol. The zero-order chi connectivity index (χ0) is 23.9. The van der Waals surface area contributed by atoms with E-state index in [1.807, 2.05) is 60.8 Å². The molecule has 0 bridgehead atoms. The smallest absolute Gasteiger partial charge is 0.251 e. The van der Waals surface area contributed by atoms with Gasteiger partial charge in [0.05, 0.1) is 0 Å². The lowest BCUT2D eigenvalue weighted by molar-refractivity contribution is -0.138. The summed E-state index contributed by atoms with van der Waals surface area (Å²) in [7, 11) is 0. The van der Waals surface area contributed by atoms with E-state index < -0.39 is 6.04 Å². The van der Waals surface area contributed by atoms with Crippen molar-refractivity contribution < 1.29 is 9.59 Å². The van der Waals surface area contributed by atoms with E-state index in [2.05, 4.69) is 10.3 Å². The Morgan fingerprint density at radius 3 is 2.41 bits per heavy atom. The Bertz CT molecular complexity index is 1250. The highest BCUT2D eigenvalue weighted by Gasteiger charge is 2.31. The van der Waals surface area contributed by atoms with Gasteiger partial charge in [0.2, 0.25) is 5.91 Å². The van der Waals surface area contributed by atoms with Crippen LogP contribution in [0.2, 0.25) is 5.02 Å². The molecule has 7 heteroatoms. The summed E-state index contributed by atoms with van der Waals surface area (Å²) in [5.41, 5.74) is 9.18. The predicted molar refractivity (Wildman–Crippen MR) is 137 cm³/mol. The van der Waals surface area contributed by atoms with E-state index in [0.29, 0.717) is 29.2 Å². The standard InChI is InChI=1S/C27H27ClN4O2/c28-21-12-10-19(11-13-21)26(27(34)31-22-6-2-1-3-7-22)32(25(33)14-16-29)17-15-20-18-30-24-9-5-4-8-23(20)24/h1-13,18,26,30H,14-17,29H2,(H,31,34). The molecule has 0 aliphatic carbocycles. The third-order valence-corrected chi connectivity index (χ3v) is 6.01. The third kappa shape index (κ3) is 5.47. The number of aromatic nitrogens is 1. The number of anilines is 1. The minimum atomic E-state index is -0.832. The van der Waals surface area contributed by atoms with Crippen molar-refractivity contribution in [3.05, 3.63) is 101 Å². The van der Waals surface area contributed by atoms with E-state index in [1.165, 1.54) is 0 Å². The summed E-state index contributed by atoms with van der Waals surface area (Å²) in [6, 6.07) is 23.4. The number of halogens is 1. The van der Waals surface area contributed by atoms with Crippen LogP contribution in [0.5, 0.6) is 0 Å². The summed E-state index contributed by atoms with van der Waals surface area (Å²) >= 11 is 6.10. The lowest BCUT2D eigenvalue weighted by atomic mass is 10.0. The van der Waals surface area contributed by atoms with Crippen molar-refractivity contribution in [3.63, 3.8) is 0 Å². The topological polar surface area (TPSA) is 91.2 Å². The van der Waals surface area contributed by atoms with Crippen LogP contribution < -0.4 is 11.1 Å². The molecule has 2 amide bonds. The molecule has 4 N–H and O–H groups in total. The average Bonchev–Trinajstić information content (AvgIpc) is 3.26. The van der Waals surface area contributed by atoms with Crippen LogP contribution in [0.15, 0.2) is 85.1 Å². The first kappa shape index (κ1) is 23.5. The van der Waals surface area contributed by atoms with Gasteiger partial charge >= 0.3 is 0 Å². The molecule has 4 rings (SSSR count). The van der Waals surface area contributed by atoms with Crippen LogP contribution in [0.4, 0.5) is 5.69 Å². The van der Waals surface area contributed by atoms with E-state index in [-0.39, 0.29) is 24.8 Å². The Morgan fingerprint density at radius 2 is 1.68 bits per heavy atom. The van der Waals surface area contributed by atoms with Crippen LogP contribution >= 0.6 is 11.6 Å². The zero-order valence-electron chi connectivity index (χ0n) is 18.7. The molecule has 0 aliphatic rings. The molecule has 0 spiro atoms. The van der Waals surface area contributed by atoms with Gasteiger partial charge < -0.3 is 20.9 Å². The van der Waals surface area contributed by atoms with E-state index in [4.69, 9.17) is 17.3 Å². The van der Waals surface area contributed by atoms with Crippen LogP contribution in [0.25, 0.3) is 10.9 Å². The van der Waals surface area contributed by atoms with Crippen LogP contribution in [0.3, 0.4) is 0 Å². The van der Waals surface area contributed by atoms with Gasteiger partial charge in [0.25, 0.3) is 5.91 Å². The van der Waals surface area contributed by atoms with Crippen molar-refractivity contribution in [3.8, 4) is 0 Å². The molecule has 4 aromatic rings. The maximum atomic E-state index is 13.5. The Kier molecular flexibility index (Phi) is 7.62. The highest BCUT2D eigenvalue weighted by Crippen LogP contribution is 2.27. The first-order chi connectivity index (χ1) is 16.6. The number of nitrogens with zero attached hydrogens (tertiary/aromatic N) is 1. The third-order valence-electron chi connectivity index (χ3n) is 5.76. The number of amides is 2. The summed E-state index contributed by atoms with van der Waals surface area (Å²) in [4.78, 5) is 31.7. The minimum Gasteiger partial charge on any atom is -0.361 e. The lowest BCUT2D eigenvalue weighted by Crippen LogP contribution is -2.43. The molecule has 34 heavy (non-hydrogen) atoms. The van der Waals surface area contributed by atoms with Crippen molar-refractivity contribution in [2.24, 2.45) is 5.73 Å². The number of carbonyl (C=O) groups is 2. The fourth-order valence-electron chi connectivity index (χ4n) is 4.09. The molecular formula is C27H27ClN4O2. The second-order valence-electron chi connectivity index (χ2n) is 8.04. The van der Waals surface area contributed by atoms with Gasteiger partial charge in [0, 0.05) is 47.3 Å². The number of carbonyl (C=O) groups excluding carboxylic acids is 2. The van der Waals surface area contributed by atoms with E-state index in [0.717, 1.165) is 16.5 Å². The van der Waals surface area contributed by atoms with Crippen molar-refractivity contribution in [2.45, 2.75) is 18.9 Å². The van der Waals surface area contributed by atoms with Crippen LogP contribution in [-0.4, -0.2) is 34.8 Å². The van der Waals surface area contributed by atoms with Crippen molar-refractivity contribution in [1.29, 1.82) is 0 Å². The molecule has 174 valence electrons. The van der Waals surface area contributed by atoms with Gasteiger partial charge in [-0.1, -0.05) is 60.1 Å². The van der Waals surface area contributed by atoms with E-state index in [1.54, 1.807) is 29.2 Å². The Balaban J connectivity index is 1.67. The molecule has 0 aliphatic heterocycles. The largest absolute Gasteiger partial charge is 0.361 e. The number of para-hydroxylation sites is 2. The molecule has 1 unspecified atom stereocenters. The molecule has 0 saturated carbocycles. The summed E-state index contributed by atoms with van der Waals surface area (Å²) in [5, 5.41) is 4.61. The molecule has 1 atom stereocenters. The molecule has 1 heterocycles. The molecule has 1 aromatic heterocycles.